The maximum Gasteiger partial charge on any atom is 0.261 e. The van der Waals surface area contributed by atoms with Crippen molar-refractivity contribution < 1.29 is 18.1 Å². The number of nitrogens with zero attached hydrogens (tertiary/aromatic N) is 2. The van der Waals surface area contributed by atoms with Crippen LogP contribution in [0, 0.1) is 25.7 Å². The first-order valence-electron chi connectivity index (χ1n) is 5.05. The molecule has 0 unspecified atom stereocenters. The minimum absolute atomic E-state index is 0.207. The monoisotopic (exact) mass is 253 g/mol. The SMILES string of the molecule is Cc1noc(C)c1C(=O)Nc1ccc(F)nc1F. The predicted octanol–water partition coefficient (Wildman–Crippen LogP) is 2.22. The molecule has 2 aromatic heterocycles. The summed E-state index contributed by atoms with van der Waals surface area (Å²) in [4.78, 5) is 14.8. The predicted molar refractivity (Wildman–Crippen MR) is 58.1 cm³/mol. The molecule has 0 radical (unpaired) electrons. The van der Waals surface area contributed by atoms with Crippen molar-refractivity contribution in [2.45, 2.75) is 13.8 Å². The highest BCUT2D eigenvalue weighted by Crippen LogP contribution is 2.17. The van der Waals surface area contributed by atoms with Gasteiger partial charge in [-0.15, -0.1) is 0 Å². The van der Waals surface area contributed by atoms with Crippen LogP contribution in [0.2, 0.25) is 0 Å². The summed E-state index contributed by atoms with van der Waals surface area (Å²) in [5.41, 5.74) is 0.403. The van der Waals surface area contributed by atoms with Crippen LogP contribution in [0.3, 0.4) is 0 Å². The normalized spacial score (nSPS) is 10.4. The molecule has 1 amide bonds. The Hall–Kier alpha value is -2.31. The molecule has 0 aromatic carbocycles. The number of aryl methyl sites for hydroxylation is 2. The highest BCUT2D eigenvalue weighted by atomic mass is 19.1. The van der Waals surface area contributed by atoms with Crippen molar-refractivity contribution in [3.8, 4) is 0 Å². The fraction of sp³-hybridized carbons (Fsp3) is 0.182. The quantitative estimate of drug-likeness (QED) is 0.833. The van der Waals surface area contributed by atoms with Gasteiger partial charge >= 0.3 is 0 Å². The number of carbonyl (C=O) groups excluding carboxylic acids is 1. The van der Waals surface area contributed by atoms with E-state index in [9.17, 15) is 13.6 Å². The Morgan fingerprint density at radius 1 is 1.33 bits per heavy atom. The fourth-order valence-corrected chi connectivity index (χ4v) is 1.50. The van der Waals surface area contributed by atoms with E-state index in [0.717, 1.165) is 12.1 Å². The molecule has 0 atom stereocenters. The zero-order valence-corrected chi connectivity index (χ0v) is 9.62. The number of pyridine rings is 1. The lowest BCUT2D eigenvalue weighted by molar-refractivity contribution is 0.102. The lowest BCUT2D eigenvalue weighted by Crippen LogP contribution is -2.15. The second kappa shape index (κ2) is 4.52. The van der Waals surface area contributed by atoms with Crippen molar-refractivity contribution >= 4 is 11.6 Å². The van der Waals surface area contributed by atoms with Gasteiger partial charge in [0.15, 0.2) is 0 Å². The molecule has 94 valence electrons. The summed E-state index contributed by atoms with van der Waals surface area (Å²) in [6.07, 6.45) is 0. The van der Waals surface area contributed by atoms with E-state index in [4.69, 9.17) is 4.52 Å². The number of aromatic nitrogens is 2. The molecule has 0 aliphatic rings. The number of anilines is 1. The van der Waals surface area contributed by atoms with Crippen LogP contribution < -0.4 is 5.32 Å². The van der Waals surface area contributed by atoms with E-state index in [1.165, 1.54) is 0 Å². The Morgan fingerprint density at radius 2 is 2.06 bits per heavy atom. The third-order valence-corrected chi connectivity index (χ3v) is 2.32. The average molecular weight is 253 g/mol. The van der Waals surface area contributed by atoms with E-state index >= 15 is 0 Å². The first kappa shape index (κ1) is 12.2. The average Bonchev–Trinajstić information content (AvgIpc) is 2.62. The van der Waals surface area contributed by atoms with Crippen LogP contribution in [0.1, 0.15) is 21.8 Å². The number of amides is 1. The Kier molecular flexibility index (Phi) is 3.05. The zero-order valence-electron chi connectivity index (χ0n) is 9.62. The molecule has 0 saturated heterocycles. The summed E-state index contributed by atoms with van der Waals surface area (Å²) < 4.78 is 30.7. The molecule has 0 aliphatic carbocycles. The first-order valence-corrected chi connectivity index (χ1v) is 5.05. The van der Waals surface area contributed by atoms with Crippen molar-refractivity contribution in [3.63, 3.8) is 0 Å². The molecular weight excluding hydrogens is 244 g/mol. The van der Waals surface area contributed by atoms with Gasteiger partial charge < -0.3 is 9.84 Å². The Balaban J connectivity index is 2.27. The van der Waals surface area contributed by atoms with Gasteiger partial charge in [-0.05, 0) is 26.0 Å². The topological polar surface area (TPSA) is 68.0 Å². The fourth-order valence-electron chi connectivity index (χ4n) is 1.50. The number of halogens is 2. The van der Waals surface area contributed by atoms with Crippen LogP contribution in [0.4, 0.5) is 14.5 Å². The zero-order chi connectivity index (χ0) is 13.3. The number of rotatable bonds is 2. The first-order chi connectivity index (χ1) is 8.49. The summed E-state index contributed by atoms with van der Waals surface area (Å²) in [6, 6.07) is 2.04. The van der Waals surface area contributed by atoms with E-state index in [-0.39, 0.29) is 11.3 Å². The highest BCUT2D eigenvalue weighted by Gasteiger charge is 2.19. The maximum atomic E-state index is 13.2. The van der Waals surface area contributed by atoms with Crippen molar-refractivity contribution in [1.29, 1.82) is 0 Å². The standard InChI is InChI=1S/C11H9F2N3O2/c1-5-9(6(2)18-16-5)11(17)14-7-3-4-8(12)15-10(7)13/h3-4H,1-2H3,(H,14,17). The lowest BCUT2D eigenvalue weighted by Gasteiger charge is -2.05. The van der Waals surface area contributed by atoms with Gasteiger partial charge in [0.2, 0.25) is 11.9 Å². The van der Waals surface area contributed by atoms with Crippen LogP contribution in [-0.2, 0) is 0 Å². The number of hydrogen-bond donors (Lipinski definition) is 1. The molecule has 18 heavy (non-hydrogen) atoms. The largest absolute Gasteiger partial charge is 0.361 e. The van der Waals surface area contributed by atoms with Crippen LogP contribution in [-0.4, -0.2) is 16.0 Å². The van der Waals surface area contributed by atoms with E-state index in [1.54, 1.807) is 13.8 Å². The van der Waals surface area contributed by atoms with Gasteiger partial charge in [0.25, 0.3) is 5.91 Å². The van der Waals surface area contributed by atoms with E-state index < -0.39 is 17.8 Å². The molecule has 2 aromatic rings. The van der Waals surface area contributed by atoms with Crippen molar-refractivity contribution in [2.24, 2.45) is 0 Å². The van der Waals surface area contributed by atoms with Crippen LogP contribution in [0.15, 0.2) is 16.7 Å². The molecular formula is C11H9F2N3O2. The molecule has 0 bridgehead atoms. The Labute approximate surface area is 101 Å². The van der Waals surface area contributed by atoms with E-state index in [2.05, 4.69) is 15.5 Å². The molecule has 0 spiro atoms. The molecule has 0 aliphatic heterocycles. The van der Waals surface area contributed by atoms with Gasteiger partial charge in [-0.2, -0.15) is 13.8 Å². The molecule has 0 fully saturated rings. The van der Waals surface area contributed by atoms with Crippen LogP contribution in [0.5, 0.6) is 0 Å². The second-order valence-electron chi connectivity index (χ2n) is 3.63. The van der Waals surface area contributed by atoms with E-state index in [0.29, 0.717) is 11.5 Å². The van der Waals surface area contributed by atoms with Gasteiger partial charge in [-0.25, -0.2) is 0 Å². The summed E-state index contributed by atoms with van der Waals surface area (Å²) >= 11 is 0. The summed E-state index contributed by atoms with van der Waals surface area (Å²) in [7, 11) is 0. The minimum Gasteiger partial charge on any atom is -0.361 e. The van der Waals surface area contributed by atoms with Gasteiger partial charge in [0, 0.05) is 0 Å². The summed E-state index contributed by atoms with van der Waals surface area (Å²) in [6.45, 7) is 3.15. The third-order valence-electron chi connectivity index (χ3n) is 2.32. The van der Waals surface area contributed by atoms with Gasteiger partial charge in [0.1, 0.15) is 11.3 Å². The van der Waals surface area contributed by atoms with Gasteiger partial charge in [-0.3, -0.25) is 4.79 Å². The van der Waals surface area contributed by atoms with Crippen LogP contribution >= 0.6 is 0 Å². The second-order valence-corrected chi connectivity index (χ2v) is 3.63. The van der Waals surface area contributed by atoms with Gasteiger partial charge in [-0.1, -0.05) is 5.16 Å². The molecule has 2 rings (SSSR count). The minimum atomic E-state index is -1.09. The molecule has 0 saturated carbocycles. The molecule has 7 heteroatoms. The van der Waals surface area contributed by atoms with Crippen LogP contribution in [0.25, 0.3) is 0 Å². The smallest absolute Gasteiger partial charge is 0.261 e. The summed E-state index contributed by atoms with van der Waals surface area (Å²) in [5.74, 6) is -2.31. The maximum absolute atomic E-state index is 13.2. The lowest BCUT2D eigenvalue weighted by atomic mass is 10.2. The van der Waals surface area contributed by atoms with Crippen molar-refractivity contribution in [3.05, 3.63) is 41.0 Å². The number of hydrogen-bond acceptors (Lipinski definition) is 4. The molecule has 1 N–H and O–H groups in total. The van der Waals surface area contributed by atoms with Gasteiger partial charge in [0.05, 0.1) is 11.4 Å². The molecule has 2 heterocycles. The van der Waals surface area contributed by atoms with Crippen molar-refractivity contribution in [1.82, 2.24) is 10.1 Å². The van der Waals surface area contributed by atoms with E-state index in [1.807, 2.05) is 0 Å². The highest BCUT2D eigenvalue weighted by molar-refractivity contribution is 6.05. The third kappa shape index (κ3) is 2.20. The number of nitrogens with one attached hydrogen (secondary N) is 1. The number of carbonyl (C=O) groups is 1. The molecule has 5 nitrogen and oxygen atoms in total. The Morgan fingerprint density at radius 3 is 2.61 bits per heavy atom. The Bertz CT molecular complexity index is 591. The van der Waals surface area contributed by atoms with Crippen molar-refractivity contribution in [2.75, 3.05) is 5.32 Å². The summed E-state index contributed by atoms with van der Waals surface area (Å²) in [5, 5.41) is 5.89.